The summed E-state index contributed by atoms with van der Waals surface area (Å²) in [5, 5.41) is 3.39. The zero-order chi connectivity index (χ0) is 13.1. The average molecular weight is 302 g/mol. The van der Waals surface area contributed by atoms with Gasteiger partial charge in [-0.05, 0) is 35.1 Å². The summed E-state index contributed by atoms with van der Waals surface area (Å²) in [5.41, 5.74) is 1.21. The summed E-state index contributed by atoms with van der Waals surface area (Å²) in [6.45, 7) is 10.5. The van der Waals surface area contributed by atoms with Crippen LogP contribution in [0.25, 0.3) is 0 Å². The molecule has 1 aromatic rings. The zero-order valence-corrected chi connectivity index (χ0v) is 12.6. The van der Waals surface area contributed by atoms with E-state index in [1.807, 2.05) is 0 Å². The summed E-state index contributed by atoms with van der Waals surface area (Å²) in [4.78, 5) is 0. The van der Waals surface area contributed by atoms with Gasteiger partial charge < -0.3 is 5.32 Å². The summed E-state index contributed by atoms with van der Waals surface area (Å²) in [7, 11) is 0. The first-order valence-electron chi connectivity index (χ1n) is 5.97. The quantitative estimate of drug-likeness (QED) is 0.852. The molecule has 0 fully saturated rings. The van der Waals surface area contributed by atoms with Gasteiger partial charge in [-0.3, -0.25) is 0 Å². The van der Waals surface area contributed by atoms with Crippen LogP contribution in [-0.2, 0) is 6.54 Å². The molecule has 1 N–H and O–H groups in total. The molecule has 1 aromatic carbocycles. The van der Waals surface area contributed by atoms with Crippen molar-refractivity contribution in [2.24, 2.45) is 11.3 Å². The van der Waals surface area contributed by atoms with Gasteiger partial charge in [0.25, 0.3) is 0 Å². The van der Waals surface area contributed by atoms with E-state index in [1.54, 1.807) is 12.1 Å². The fourth-order valence-corrected chi connectivity index (χ4v) is 1.79. The van der Waals surface area contributed by atoms with E-state index in [-0.39, 0.29) is 11.2 Å². The second-order valence-electron chi connectivity index (χ2n) is 5.48. The van der Waals surface area contributed by atoms with Crippen LogP contribution in [0.5, 0.6) is 0 Å². The van der Waals surface area contributed by atoms with Crippen LogP contribution in [0.4, 0.5) is 4.39 Å². The van der Waals surface area contributed by atoms with Crippen LogP contribution >= 0.6 is 15.9 Å². The molecule has 0 unspecified atom stereocenters. The highest BCUT2D eigenvalue weighted by atomic mass is 79.9. The van der Waals surface area contributed by atoms with Crippen LogP contribution in [0.2, 0.25) is 0 Å². The Morgan fingerprint density at radius 3 is 2.59 bits per heavy atom. The second-order valence-corrected chi connectivity index (χ2v) is 6.34. The van der Waals surface area contributed by atoms with Crippen molar-refractivity contribution < 1.29 is 4.39 Å². The largest absolute Gasteiger partial charge is 0.312 e. The molecule has 0 atom stereocenters. The highest BCUT2D eigenvalue weighted by molar-refractivity contribution is 9.10. The number of nitrogens with one attached hydrogen (secondary N) is 1. The van der Waals surface area contributed by atoms with Crippen LogP contribution in [0.1, 0.15) is 33.3 Å². The molecule has 0 aromatic heterocycles. The van der Waals surface area contributed by atoms with Crippen LogP contribution in [0.15, 0.2) is 22.7 Å². The summed E-state index contributed by atoms with van der Waals surface area (Å²) in [5.74, 6) is 0.430. The molecule has 0 radical (unpaired) electrons. The van der Waals surface area contributed by atoms with Gasteiger partial charge in [-0.2, -0.15) is 0 Å². The maximum Gasteiger partial charge on any atom is 0.123 e. The van der Waals surface area contributed by atoms with Crippen molar-refractivity contribution in [1.29, 1.82) is 0 Å². The minimum Gasteiger partial charge on any atom is -0.312 e. The van der Waals surface area contributed by atoms with E-state index < -0.39 is 0 Å². The highest BCUT2D eigenvalue weighted by Gasteiger charge is 2.21. The predicted molar refractivity (Wildman–Crippen MR) is 74.4 cm³/mol. The Hall–Kier alpha value is -0.410. The predicted octanol–water partition coefficient (Wildman–Crippen LogP) is 4.36. The van der Waals surface area contributed by atoms with E-state index in [2.05, 4.69) is 48.9 Å². The number of hydrogen-bond donors (Lipinski definition) is 1. The van der Waals surface area contributed by atoms with Crippen molar-refractivity contribution >= 4 is 15.9 Å². The Balaban J connectivity index is 2.54. The normalized spacial score (nSPS) is 12.2. The number of rotatable bonds is 5. The maximum absolute atomic E-state index is 13.1. The Bertz CT molecular complexity index is 374. The lowest BCUT2D eigenvalue weighted by Crippen LogP contribution is -2.33. The third kappa shape index (κ3) is 4.40. The lowest BCUT2D eigenvalue weighted by Gasteiger charge is -2.29. The topological polar surface area (TPSA) is 12.0 Å². The maximum atomic E-state index is 13.1. The molecule has 3 heteroatoms. The SMILES string of the molecule is CC(C)C(C)(C)CNCc1cc(F)ccc1Br. The molecule has 0 bridgehead atoms. The van der Waals surface area contributed by atoms with E-state index >= 15 is 0 Å². The minimum absolute atomic E-state index is 0.187. The van der Waals surface area contributed by atoms with Crippen LogP contribution in [0, 0.1) is 17.2 Å². The molecule has 0 spiro atoms. The monoisotopic (exact) mass is 301 g/mol. The van der Waals surface area contributed by atoms with E-state index in [0.29, 0.717) is 12.5 Å². The molecule has 17 heavy (non-hydrogen) atoms. The molecule has 1 nitrogen and oxygen atoms in total. The number of benzene rings is 1. The van der Waals surface area contributed by atoms with E-state index in [4.69, 9.17) is 0 Å². The lowest BCUT2D eigenvalue weighted by atomic mass is 9.81. The summed E-state index contributed by atoms with van der Waals surface area (Å²) in [6, 6.07) is 4.78. The van der Waals surface area contributed by atoms with E-state index in [1.165, 1.54) is 6.07 Å². The fourth-order valence-electron chi connectivity index (χ4n) is 1.40. The second kappa shape index (κ2) is 5.96. The Labute approximate surface area is 112 Å². The van der Waals surface area contributed by atoms with Crippen molar-refractivity contribution in [3.05, 3.63) is 34.1 Å². The third-order valence-corrected chi connectivity index (χ3v) is 4.24. The molecule has 1 rings (SSSR count). The number of hydrogen-bond acceptors (Lipinski definition) is 1. The van der Waals surface area contributed by atoms with Gasteiger partial charge in [-0.25, -0.2) is 4.39 Å². The Kier molecular flexibility index (Phi) is 5.14. The smallest absolute Gasteiger partial charge is 0.123 e. The molecular weight excluding hydrogens is 281 g/mol. The first-order valence-corrected chi connectivity index (χ1v) is 6.77. The van der Waals surface area contributed by atoms with Crippen LogP contribution in [0.3, 0.4) is 0 Å². The fraction of sp³-hybridized carbons (Fsp3) is 0.571. The van der Waals surface area contributed by atoms with Crippen molar-refractivity contribution in [3.8, 4) is 0 Å². The van der Waals surface area contributed by atoms with Gasteiger partial charge in [0.15, 0.2) is 0 Å². The summed E-state index contributed by atoms with van der Waals surface area (Å²) in [6.07, 6.45) is 0. The zero-order valence-electron chi connectivity index (χ0n) is 11.0. The van der Waals surface area contributed by atoms with Crippen LogP contribution in [-0.4, -0.2) is 6.54 Å². The first-order chi connectivity index (χ1) is 7.83. The number of halogens is 2. The van der Waals surface area contributed by atoms with Crippen molar-refractivity contribution in [3.63, 3.8) is 0 Å². The van der Waals surface area contributed by atoms with Crippen molar-refractivity contribution in [2.45, 2.75) is 34.2 Å². The van der Waals surface area contributed by atoms with Gasteiger partial charge in [0.05, 0.1) is 0 Å². The van der Waals surface area contributed by atoms with Crippen molar-refractivity contribution in [2.75, 3.05) is 6.54 Å². The van der Waals surface area contributed by atoms with Gasteiger partial charge in [0.1, 0.15) is 5.82 Å². The highest BCUT2D eigenvalue weighted by Crippen LogP contribution is 2.25. The molecule has 0 saturated heterocycles. The lowest BCUT2D eigenvalue weighted by molar-refractivity contribution is 0.238. The minimum atomic E-state index is -0.187. The Morgan fingerprint density at radius 1 is 1.35 bits per heavy atom. The van der Waals surface area contributed by atoms with Gasteiger partial charge in [-0.15, -0.1) is 0 Å². The Morgan fingerprint density at radius 2 is 2.00 bits per heavy atom. The average Bonchev–Trinajstić information content (AvgIpc) is 2.22. The van der Waals surface area contributed by atoms with Gasteiger partial charge in [0, 0.05) is 17.6 Å². The van der Waals surface area contributed by atoms with E-state index in [9.17, 15) is 4.39 Å². The van der Waals surface area contributed by atoms with Gasteiger partial charge in [0.2, 0.25) is 0 Å². The van der Waals surface area contributed by atoms with Gasteiger partial charge >= 0.3 is 0 Å². The third-order valence-electron chi connectivity index (χ3n) is 3.47. The first kappa shape index (κ1) is 14.7. The standard InChI is InChI=1S/C14H21BrFN/c1-10(2)14(3,4)9-17-8-11-7-12(16)5-6-13(11)15/h5-7,10,17H,8-9H2,1-4H3. The van der Waals surface area contributed by atoms with Crippen LogP contribution < -0.4 is 5.32 Å². The molecule has 96 valence electrons. The molecule has 0 aliphatic carbocycles. The molecule has 0 amide bonds. The molecule has 0 aliphatic heterocycles. The van der Waals surface area contributed by atoms with Crippen molar-refractivity contribution in [1.82, 2.24) is 5.32 Å². The summed E-state index contributed by atoms with van der Waals surface area (Å²) >= 11 is 3.43. The summed E-state index contributed by atoms with van der Waals surface area (Å²) < 4.78 is 14.0. The van der Waals surface area contributed by atoms with Gasteiger partial charge in [-0.1, -0.05) is 43.6 Å². The molecule has 0 heterocycles. The molecule has 0 saturated carbocycles. The van der Waals surface area contributed by atoms with E-state index in [0.717, 1.165) is 16.6 Å². The molecular formula is C14H21BrFN. The molecule has 0 aliphatic rings.